The molecule has 9 rings (SSSR count). The van der Waals surface area contributed by atoms with Gasteiger partial charge in [-0.25, -0.2) is 0 Å². The van der Waals surface area contributed by atoms with Crippen molar-refractivity contribution < 1.29 is 60.3 Å². The van der Waals surface area contributed by atoms with Gasteiger partial charge in [0.1, 0.15) is 48.8 Å². The molecule has 23 heteroatoms. The van der Waals surface area contributed by atoms with E-state index in [1.54, 1.807) is 12.1 Å². The largest absolute Gasteiger partial charge is 0.388 e. The van der Waals surface area contributed by atoms with Crippen LogP contribution in [0.5, 0.6) is 0 Å². The zero-order valence-electron chi connectivity index (χ0n) is 44.8. The molecule has 2 heterocycles. The molecule has 0 spiro atoms. The first-order chi connectivity index (χ1) is 40.1. The Kier molecular flexibility index (Phi) is 21.5. The first-order valence-corrected chi connectivity index (χ1v) is 28.1. The van der Waals surface area contributed by atoms with Crippen molar-refractivity contribution in [2.45, 2.75) is 137 Å². The van der Waals surface area contributed by atoms with Gasteiger partial charge in [-0.2, -0.15) is 8.42 Å². The van der Waals surface area contributed by atoms with Crippen molar-refractivity contribution >= 4 is 10.1 Å². The SMILES string of the molecule is Cc1ccc(S(=O)(=O)OC[C@H]2O[C@H](O[C@H]3[C@H](O)[C@@H](O[C@H]4OC[C@@H](OCc5ccccc5)[C@H](OCc5ccccc5)[C@H]4OCc4ccccc4)[C@H](N=[N+]=[N-])C[C@@H]3N=[N+]=[N-])[C@H](N=[N+]=[N-])[C@@H](OCc3ccccc3)[C@@H]2OCc2ccccc2)cc1. The number of nitrogens with zero attached hydrogens (tertiary/aromatic N) is 9. The Balaban J connectivity index is 1.05. The van der Waals surface area contributed by atoms with E-state index in [1.165, 1.54) is 12.1 Å². The molecule has 3 fully saturated rings. The second kappa shape index (κ2) is 29.7. The quantitative estimate of drug-likeness (QED) is 0.0229. The third kappa shape index (κ3) is 15.8. The summed E-state index contributed by atoms with van der Waals surface area (Å²) in [4.78, 5) is 9.22. The molecule has 14 atom stereocenters. The van der Waals surface area contributed by atoms with Crippen molar-refractivity contribution in [2.24, 2.45) is 15.3 Å². The van der Waals surface area contributed by atoms with Gasteiger partial charge in [-0.05, 0) is 69.9 Å². The molecule has 6 aromatic carbocycles. The van der Waals surface area contributed by atoms with Gasteiger partial charge in [-0.15, -0.1) is 0 Å². The van der Waals surface area contributed by atoms with Crippen molar-refractivity contribution in [3.63, 3.8) is 0 Å². The molecule has 22 nitrogen and oxygen atoms in total. The van der Waals surface area contributed by atoms with Crippen molar-refractivity contribution in [2.75, 3.05) is 13.2 Å². The molecule has 1 saturated carbocycles. The second-order valence-electron chi connectivity index (χ2n) is 19.8. The molecule has 428 valence electrons. The van der Waals surface area contributed by atoms with Crippen LogP contribution in [0.3, 0.4) is 0 Å². The van der Waals surface area contributed by atoms with Gasteiger partial charge in [0, 0.05) is 14.7 Å². The summed E-state index contributed by atoms with van der Waals surface area (Å²) in [6.07, 6.45) is -14.5. The molecule has 0 amide bonds. The van der Waals surface area contributed by atoms with E-state index in [9.17, 15) is 30.1 Å². The third-order valence-electron chi connectivity index (χ3n) is 14.2. The highest BCUT2D eigenvalue weighted by Gasteiger charge is 2.54. The Morgan fingerprint density at radius 2 is 0.927 bits per heavy atom. The summed E-state index contributed by atoms with van der Waals surface area (Å²) in [6.45, 7) is 1.46. The standard InChI is InChI=1S/C59H63N9O13S/c1-39-27-29-45(30-28-39)82(70,71)78-38-49-55(74-34-42-21-11-4-12-22-42)56(75-35-43-23-13-5-14-24-43)50(65-68-62)58(79-49)80-52-46(63-66-60)31-47(64-67-61)53(51(52)69)81-59-57(76-36-44-25-15-6-16-26-44)54(73-33-41-19-9-3-10-20-41)48(37-77-59)72-32-40-17-7-2-8-18-40/h2-30,46-59,69H,31-38H2,1H3/t46-,47+,48+,49+,50+,51-,52+,53-,54-,55+,56+,57+,58+,59+/m0/s1. The van der Waals surface area contributed by atoms with Crippen LogP contribution in [0.4, 0.5) is 0 Å². The molecule has 0 unspecified atom stereocenters. The Morgan fingerprint density at radius 3 is 1.39 bits per heavy atom. The topological polar surface area (TPSA) is 293 Å². The molecule has 2 aliphatic heterocycles. The number of benzene rings is 6. The minimum Gasteiger partial charge on any atom is -0.388 e. The number of ether oxygens (including phenoxy) is 9. The summed E-state index contributed by atoms with van der Waals surface area (Å²) < 4.78 is 93.2. The maximum atomic E-state index is 13.8. The lowest BCUT2D eigenvalue weighted by atomic mass is 9.84. The highest BCUT2D eigenvalue weighted by atomic mass is 32.2. The first-order valence-electron chi connectivity index (χ1n) is 26.7. The van der Waals surface area contributed by atoms with Gasteiger partial charge in [0.15, 0.2) is 12.6 Å². The van der Waals surface area contributed by atoms with Crippen LogP contribution in [0.2, 0.25) is 0 Å². The van der Waals surface area contributed by atoms with Gasteiger partial charge in [0.05, 0.1) is 75.4 Å². The predicted octanol–water partition coefficient (Wildman–Crippen LogP) is 10.3. The fourth-order valence-corrected chi connectivity index (χ4v) is 11.0. The summed E-state index contributed by atoms with van der Waals surface area (Å²) in [7, 11) is -4.42. The van der Waals surface area contributed by atoms with Crippen LogP contribution in [0.25, 0.3) is 31.3 Å². The van der Waals surface area contributed by atoms with E-state index in [4.69, 9.17) is 46.8 Å². The van der Waals surface area contributed by atoms with E-state index in [-0.39, 0.29) is 51.0 Å². The molecule has 1 N–H and O–H groups in total. The summed E-state index contributed by atoms with van der Waals surface area (Å²) in [6, 6.07) is 49.1. The maximum Gasteiger partial charge on any atom is 0.297 e. The van der Waals surface area contributed by atoms with Crippen LogP contribution in [-0.4, -0.2) is 112 Å². The molecule has 1 aliphatic carbocycles. The fraction of sp³-hybridized carbons (Fsp3) is 0.390. The second-order valence-corrected chi connectivity index (χ2v) is 21.5. The summed E-state index contributed by atoms with van der Waals surface area (Å²) in [5.74, 6) is 0. The Labute approximate surface area is 474 Å². The van der Waals surface area contributed by atoms with E-state index in [0.717, 1.165) is 33.4 Å². The summed E-state index contributed by atoms with van der Waals surface area (Å²) >= 11 is 0. The number of aliphatic hydroxyl groups is 1. The zero-order chi connectivity index (χ0) is 57.1. The third-order valence-corrected chi connectivity index (χ3v) is 15.5. The number of rotatable bonds is 26. The van der Waals surface area contributed by atoms with Gasteiger partial charge in [-0.1, -0.05) is 185 Å². The first kappa shape index (κ1) is 59.4. The molecular weight excluding hydrogens is 1070 g/mol. The van der Waals surface area contributed by atoms with Gasteiger partial charge >= 0.3 is 0 Å². The molecule has 0 bridgehead atoms. The molecule has 82 heavy (non-hydrogen) atoms. The van der Waals surface area contributed by atoms with E-state index in [1.807, 2.05) is 159 Å². The molecule has 2 saturated heterocycles. The molecular formula is C59H63N9O13S. The minimum atomic E-state index is -4.42. The van der Waals surface area contributed by atoms with E-state index >= 15 is 0 Å². The number of aliphatic hydroxyl groups excluding tert-OH is 1. The average molecular weight is 1140 g/mol. The van der Waals surface area contributed by atoms with Gasteiger partial charge in [-0.3, -0.25) is 4.18 Å². The van der Waals surface area contributed by atoms with Crippen molar-refractivity contribution in [3.05, 3.63) is 241 Å². The highest BCUT2D eigenvalue weighted by Crippen LogP contribution is 2.38. The summed E-state index contributed by atoms with van der Waals surface area (Å²) in [5.41, 5.74) is 35.2. The molecule has 0 radical (unpaired) electrons. The van der Waals surface area contributed by atoms with E-state index in [0.29, 0.717) is 0 Å². The normalized spacial score (nSPS) is 27.2. The Morgan fingerprint density at radius 1 is 0.512 bits per heavy atom. The van der Waals surface area contributed by atoms with Crippen molar-refractivity contribution in [1.29, 1.82) is 0 Å². The number of aryl methyl sites for hydroxylation is 1. The van der Waals surface area contributed by atoms with Gasteiger partial charge in [0.2, 0.25) is 0 Å². The molecule has 6 aromatic rings. The van der Waals surface area contributed by atoms with Crippen LogP contribution in [-0.2, 0) is 90.0 Å². The summed E-state index contributed by atoms with van der Waals surface area (Å²) in [5, 5.41) is 25.0. The Hall–Kier alpha value is -7.24. The lowest BCUT2D eigenvalue weighted by Crippen LogP contribution is -2.65. The van der Waals surface area contributed by atoms with Crippen LogP contribution >= 0.6 is 0 Å². The highest BCUT2D eigenvalue weighted by molar-refractivity contribution is 7.86. The number of azide groups is 3. The predicted molar refractivity (Wildman–Crippen MR) is 297 cm³/mol. The van der Waals surface area contributed by atoms with Crippen LogP contribution in [0, 0.1) is 6.92 Å². The maximum absolute atomic E-state index is 13.8. The lowest BCUT2D eigenvalue weighted by molar-refractivity contribution is -0.332. The van der Waals surface area contributed by atoms with Crippen LogP contribution < -0.4 is 0 Å². The average Bonchev–Trinajstić information content (AvgIpc) is 3.63. The monoisotopic (exact) mass is 1140 g/mol. The van der Waals surface area contributed by atoms with Crippen molar-refractivity contribution in [1.82, 2.24) is 0 Å². The minimum absolute atomic E-state index is 0.0206. The fourth-order valence-electron chi connectivity index (χ4n) is 10.0. The molecule has 0 aromatic heterocycles. The number of hydrogen-bond acceptors (Lipinski definition) is 16. The lowest BCUT2D eigenvalue weighted by Gasteiger charge is -2.49. The van der Waals surface area contributed by atoms with Gasteiger partial charge in [0.25, 0.3) is 10.1 Å². The van der Waals surface area contributed by atoms with Gasteiger partial charge < -0.3 is 47.7 Å². The van der Waals surface area contributed by atoms with Crippen LogP contribution in [0.1, 0.15) is 39.8 Å². The molecule has 3 aliphatic rings. The van der Waals surface area contributed by atoms with Crippen LogP contribution in [0.15, 0.2) is 196 Å². The Bertz CT molecular complexity index is 3190. The number of hydrogen-bond donors (Lipinski definition) is 1. The zero-order valence-corrected chi connectivity index (χ0v) is 45.6. The van der Waals surface area contributed by atoms with Crippen molar-refractivity contribution in [3.8, 4) is 0 Å². The smallest absolute Gasteiger partial charge is 0.297 e. The van der Waals surface area contributed by atoms with E-state index in [2.05, 4.69) is 30.1 Å². The van der Waals surface area contributed by atoms with E-state index < -0.39 is 102 Å².